The molecule has 148 valence electrons. The Morgan fingerprint density at radius 3 is 1.29 bits per heavy atom. The molecule has 24 heavy (non-hydrogen) atoms. The van der Waals surface area contributed by atoms with Crippen LogP contribution in [0.4, 0.5) is 0 Å². The van der Waals surface area contributed by atoms with Gasteiger partial charge in [0.1, 0.15) is 6.17 Å². The van der Waals surface area contributed by atoms with Crippen LogP contribution in [-0.4, -0.2) is 31.3 Å². The molecular weight excluding hydrogens is 316 g/mol. The summed E-state index contributed by atoms with van der Waals surface area (Å²) in [6, 6.07) is 0. The lowest BCUT2D eigenvalue weighted by Gasteiger charge is -2.35. The third-order valence-corrected chi connectivity index (χ3v) is 5.40. The highest BCUT2D eigenvalue weighted by molar-refractivity contribution is 4.50. The van der Waals surface area contributed by atoms with Gasteiger partial charge in [0.25, 0.3) is 0 Å². The van der Waals surface area contributed by atoms with E-state index in [0.717, 1.165) is 10.9 Å². The minimum atomic E-state index is 0. The van der Waals surface area contributed by atoms with Crippen molar-refractivity contribution >= 4 is 0 Å². The molecule has 0 heterocycles. The van der Waals surface area contributed by atoms with Crippen LogP contribution < -0.4 is 18.1 Å². The lowest BCUT2D eigenvalue weighted by Crippen LogP contribution is -3.00. The zero-order valence-electron chi connectivity index (χ0n) is 17.3. The normalized spacial score (nSPS) is 12.9. The van der Waals surface area contributed by atoms with Gasteiger partial charge in [-0.15, -0.1) is 0 Å². The van der Waals surface area contributed by atoms with E-state index in [9.17, 15) is 0 Å². The molecule has 0 aliphatic heterocycles. The standard InChI is InChI=1S/C21H47N2.ClH/c1-5-7-8-9-10-11-12-13-14-15-16-17-18-19-20-23(3,4)21(22)6-2;/h21H,5-20,22H2,1-4H3;1H/q+1;/p-1. The van der Waals surface area contributed by atoms with Crippen LogP contribution in [0.3, 0.4) is 0 Å². The molecule has 0 aromatic rings. The van der Waals surface area contributed by atoms with Crippen LogP contribution in [0.1, 0.15) is 110 Å². The number of nitrogens with zero attached hydrogens (tertiary/aromatic N) is 1. The summed E-state index contributed by atoms with van der Waals surface area (Å²) in [5.74, 6) is 0. The number of nitrogens with two attached hydrogens (primary N) is 1. The minimum absolute atomic E-state index is 0. The van der Waals surface area contributed by atoms with Gasteiger partial charge in [-0.25, -0.2) is 0 Å². The maximum absolute atomic E-state index is 6.18. The largest absolute Gasteiger partial charge is 1.00 e. The van der Waals surface area contributed by atoms with E-state index in [0.29, 0.717) is 6.17 Å². The average Bonchev–Trinajstić information content (AvgIpc) is 2.54. The van der Waals surface area contributed by atoms with Crippen molar-refractivity contribution in [2.45, 2.75) is 116 Å². The number of halogens is 1. The molecule has 1 atom stereocenters. The molecule has 2 N–H and O–H groups in total. The molecule has 0 radical (unpaired) electrons. The summed E-state index contributed by atoms with van der Waals surface area (Å²) in [7, 11) is 4.55. The first kappa shape index (κ1) is 26.4. The second-order valence-corrected chi connectivity index (χ2v) is 8.07. The van der Waals surface area contributed by atoms with E-state index in [2.05, 4.69) is 27.9 Å². The van der Waals surface area contributed by atoms with Crippen molar-refractivity contribution in [1.29, 1.82) is 0 Å². The van der Waals surface area contributed by atoms with E-state index in [4.69, 9.17) is 5.73 Å². The van der Waals surface area contributed by atoms with Crippen molar-refractivity contribution in [3.8, 4) is 0 Å². The molecule has 1 unspecified atom stereocenters. The van der Waals surface area contributed by atoms with Gasteiger partial charge in [-0.3, -0.25) is 5.73 Å². The molecule has 0 amide bonds. The van der Waals surface area contributed by atoms with Crippen LogP contribution in [0.25, 0.3) is 0 Å². The van der Waals surface area contributed by atoms with Crippen molar-refractivity contribution < 1.29 is 16.9 Å². The molecule has 0 rings (SSSR count). The minimum Gasteiger partial charge on any atom is -1.00 e. The Balaban J connectivity index is 0. The molecule has 0 saturated heterocycles. The maximum Gasteiger partial charge on any atom is 0.139 e. The summed E-state index contributed by atoms with van der Waals surface area (Å²) in [4.78, 5) is 0. The Kier molecular flexibility index (Phi) is 19.8. The summed E-state index contributed by atoms with van der Waals surface area (Å²) in [5.41, 5.74) is 6.18. The summed E-state index contributed by atoms with van der Waals surface area (Å²) in [6.07, 6.45) is 21.4. The molecule has 0 aliphatic carbocycles. The fraction of sp³-hybridized carbons (Fsp3) is 1.00. The quantitative estimate of drug-likeness (QED) is 0.240. The van der Waals surface area contributed by atoms with Crippen molar-refractivity contribution in [3.05, 3.63) is 0 Å². The van der Waals surface area contributed by atoms with Crippen LogP contribution in [0.2, 0.25) is 0 Å². The second-order valence-electron chi connectivity index (χ2n) is 8.07. The Morgan fingerprint density at radius 2 is 0.958 bits per heavy atom. The third kappa shape index (κ3) is 15.7. The Hall–Kier alpha value is 0.210. The van der Waals surface area contributed by atoms with Gasteiger partial charge in [0.15, 0.2) is 0 Å². The lowest BCUT2D eigenvalue weighted by molar-refractivity contribution is -0.915. The van der Waals surface area contributed by atoms with Crippen molar-refractivity contribution in [3.63, 3.8) is 0 Å². The third-order valence-electron chi connectivity index (χ3n) is 5.40. The van der Waals surface area contributed by atoms with E-state index in [1.807, 2.05) is 0 Å². The van der Waals surface area contributed by atoms with Crippen molar-refractivity contribution in [2.24, 2.45) is 5.73 Å². The van der Waals surface area contributed by atoms with Crippen molar-refractivity contribution in [2.75, 3.05) is 20.6 Å². The maximum atomic E-state index is 6.18. The SMILES string of the molecule is CCCCCCCCCCCCCCCC[N+](C)(C)C(N)CC.[Cl-]. The van der Waals surface area contributed by atoms with Crippen LogP contribution in [0, 0.1) is 0 Å². The fourth-order valence-corrected chi connectivity index (χ4v) is 3.37. The molecule has 0 spiro atoms. The van der Waals surface area contributed by atoms with Crippen LogP contribution in [0.15, 0.2) is 0 Å². The van der Waals surface area contributed by atoms with E-state index < -0.39 is 0 Å². The summed E-state index contributed by atoms with van der Waals surface area (Å²) >= 11 is 0. The average molecular weight is 363 g/mol. The Bertz CT molecular complexity index is 244. The van der Waals surface area contributed by atoms with Gasteiger partial charge in [0.2, 0.25) is 0 Å². The van der Waals surface area contributed by atoms with E-state index >= 15 is 0 Å². The Labute approximate surface area is 160 Å². The number of quaternary nitrogens is 1. The predicted octanol–water partition coefficient (Wildman–Crippen LogP) is 3.24. The fourth-order valence-electron chi connectivity index (χ4n) is 3.37. The molecule has 0 saturated carbocycles. The number of unbranched alkanes of at least 4 members (excludes halogenated alkanes) is 13. The number of hydrogen-bond donors (Lipinski definition) is 1. The van der Waals surface area contributed by atoms with E-state index in [-0.39, 0.29) is 12.4 Å². The first-order valence-electron chi connectivity index (χ1n) is 10.6. The highest BCUT2D eigenvalue weighted by Crippen LogP contribution is 2.14. The molecule has 2 nitrogen and oxygen atoms in total. The molecule has 0 aliphatic rings. The molecule has 0 aromatic carbocycles. The highest BCUT2D eigenvalue weighted by atomic mass is 35.5. The van der Waals surface area contributed by atoms with Crippen LogP contribution >= 0.6 is 0 Å². The molecule has 3 heteroatoms. The van der Waals surface area contributed by atoms with Gasteiger partial charge in [-0.1, -0.05) is 90.9 Å². The lowest BCUT2D eigenvalue weighted by atomic mass is 10.0. The van der Waals surface area contributed by atoms with Gasteiger partial charge in [0.05, 0.1) is 20.6 Å². The molecule has 0 fully saturated rings. The molecule has 0 aromatic heterocycles. The molecule has 0 bridgehead atoms. The van der Waals surface area contributed by atoms with Gasteiger partial charge >= 0.3 is 0 Å². The van der Waals surface area contributed by atoms with Gasteiger partial charge in [0, 0.05) is 6.42 Å². The second kappa shape index (κ2) is 18.0. The van der Waals surface area contributed by atoms with Gasteiger partial charge in [-0.2, -0.15) is 0 Å². The highest BCUT2D eigenvalue weighted by Gasteiger charge is 2.21. The monoisotopic (exact) mass is 362 g/mol. The van der Waals surface area contributed by atoms with Crippen LogP contribution in [-0.2, 0) is 0 Å². The smallest absolute Gasteiger partial charge is 0.139 e. The summed E-state index contributed by atoms with van der Waals surface area (Å²) < 4.78 is 0.981. The number of hydrogen-bond acceptors (Lipinski definition) is 1. The van der Waals surface area contributed by atoms with Gasteiger partial charge < -0.3 is 16.9 Å². The first-order chi connectivity index (χ1) is 11.0. The summed E-state index contributed by atoms with van der Waals surface area (Å²) in [6.45, 7) is 5.71. The van der Waals surface area contributed by atoms with Gasteiger partial charge in [-0.05, 0) is 12.8 Å². The summed E-state index contributed by atoms with van der Waals surface area (Å²) in [5, 5.41) is 0. The van der Waals surface area contributed by atoms with E-state index in [1.165, 1.54) is 96.4 Å². The zero-order valence-corrected chi connectivity index (χ0v) is 18.0. The predicted molar refractivity (Wildman–Crippen MR) is 106 cm³/mol. The zero-order chi connectivity index (χ0) is 17.4. The van der Waals surface area contributed by atoms with Crippen molar-refractivity contribution in [1.82, 2.24) is 0 Å². The van der Waals surface area contributed by atoms with Crippen LogP contribution in [0.5, 0.6) is 0 Å². The first-order valence-corrected chi connectivity index (χ1v) is 10.6. The van der Waals surface area contributed by atoms with E-state index in [1.54, 1.807) is 0 Å². The topological polar surface area (TPSA) is 26.0 Å². The number of rotatable bonds is 17. The Morgan fingerprint density at radius 1 is 0.625 bits per heavy atom. The molecular formula is C21H47ClN2.